The second-order valence-corrected chi connectivity index (χ2v) is 5.05. The number of hydrogen-bond donors (Lipinski definition) is 0. The van der Waals surface area contributed by atoms with Crippen molar-refractivity contribution in [3.8, 4) is 0 Å². The number of carbonyl (C=O) groups excluding carboxylic acids is 1. The van der Waals surface area contributed by atoms with Gasteiger partial charge in [-0.05, 0) is 19.1 Å². The highest BCUT2D eigenvalue weighted by molar-refractivity contribution is 7.98. The molecule has 0 aromatic carbocycles. The Labute approximate surface area is 84.1 Å². The average molecular weight is 199 g/mol. The van der Waals surface area contributed by atoms with Crippen molar-refractivity contribution in [2.45, 2.75) is 37.8 Å². The van der Waals surface area contributed by atoms with Crippen molar-refractivity contribution >= 4 is 17.5 Å². The molecule has 13 heavy (non-hydrogen) atoms. The molecule has 0 aliphatic carbocycles. The molecule has 2 rings (SSSR count). The minimum absolute atomic E-state index is 0.493. The summed E-state index contributed by atoms with van der Waals surface area (Å²) in [7, 11) is 0. The molecule has 0 saturated carbocycles. The third-order valence-electron chi connectivity index (χ3n) is 3.25. The second-order valence-electron chi connectivity index (χ2n) is 4.06. The zero-order valence-corrected chi connectivity index (χ0v) is 8.98. The van der Waals surface area contributed by atoms with Gasteiger partial charge < -0.3 is 0 Å². The first-order valence-electron chi connectivity index (χ1n) is 5.07. The van der Waals surface area contributed by atoms with Crippen LogP contribution in [0.25, 0.3) is 0 Å². The van der Waals surface area contributed by atoms with Crippen molar-refractivity contribution < 1.29 is 4.79 Å². The summed E-state index contributed by atoms with van der Waals surface area (Å²) in [6.45, 7) is 1.18. The van der Waals surface area contributed by atoms with Crippen LogP contribution in [0.1, 0.15) is 25.7 Å². The van der Waals surface area contributed by atoms with Gasteiger partial charge in [0, 0.05) is 37.2 Å². The molecule has 74 valence electrons. The van der Waals surface area contributed by atoms with E-state index in [2.05, 4.69) is 11.2 Å². The molecule has 2 heterocycles. The Morgan fingerprint density at radius 2 is 2.00 bits per heavy atom. The maximum atomic E-state index is 11.3. The van der Waals surface area contributed by atoms with E-state index in [0.29, 0.717) is 17.9 Å². The van der Waals surface area contributed by atoms with Crippen LogP contribution in [0.2, 0.25) is 0 Å². The van der Waals surface area contributed by atoms with Gasteiger partial charge >= 0.3 is 0 Å². The average Bonchev–Trinajstić information content (AvgIpc) is 2.33. The van der Waals surface area contributed by atoms with Crippen molar-refractivity contribution in [1.82, 2.24) is 4.90 Å². The molecule has 0 radical (unpaired) electrons. The first-order valence-corrected chi connectivity index (χ1v) is 6.47. The van der Waals surface area contributed by atoms with Gasteiger partial charge in [-0.15, -0.1) is 0 Å². The quantitative estimate of drug-likeness (QED) is 0.688. The fourth-order valence-corrected chi connectivity index (χ4v) is 3.02. The topological polar surface area (TPSA) is 20.3 Å². The maximum absolute atomic E-state index is 11.3. The van der Waals surface area contributed by atoms with Gasteiger partial charge in [0.15, 0.2) is 0 Å². The molecule has 2 atom stereocenters. The third-order valence-corrected chi connectivity index (χ3v) is 3.84. The van der Waals surface area contributed by atoms with Crippen molar-refractivity contribution in [3.05, 3.63) is 0 Å². The van der Waals surface area contributed by atoms with Gasteiger partial charge in [-0.1, -0.05) is 0 Å². The minimum atomic E-state index is 0.493. The zero-order valence-electron chi connectivity index (χ0n) is 8.16. The molecule has 2 nitrogen and oxygen atoms in total. The number of hydrogen-bond acceptors (Lipinski definition) is 3. The Balaban J connectivity index is 1.94. The predicted octanol–water partition coefficient (Wildman–Crippen LogP) is 1.55. The Bertz CT molecular complexity index is 191. The predicted molar refractivity (Wildman–Crippen MR) is 56.1 cm³/mol. The molecule has 2 aliphatic heterocycles. The van der Waals surface area contributed by atoms with E-state index in [1.807, 2.05) is 11.8 Å². The molecular formula is C10H17NOS. The van der Waals surface area contributed by atoms with Crippen molar-refractivity contribution in [3.63, 3.8) is 0 Å². The van der Waals surface area contributed by atoms with Crippen LogP contribution in [-0.2, 0) is 4.79 Å². The van der Waals surface area contributed by atoms with Gasteiger partial charge in [-0.3, -0.25) is 9.69 Å². The number of Topliss-reactive ketones (excluding diaryl/α,β-unsaturated/α-hetero) is 1. The summed E-state index contributed by atoms with van der Waals surface area (Å²) in [5.74, 6) is 1.70. The summed E-state index contributed by atoms with van der Waals surface area (Å²) >= 11 is 1.90. The summed E-state index contributed by atoms with van der Waals surface area (Å²) in [6, 6.07) is 1.19. The normalized spacial score (nSPS) is 34.1. The number of thioether (sulfide) groups is 1. The summed E-state index contributed by atoms with van der Waals surface area (Å²) < 4.78 is 0. The Morgan fingerprint density at radius 3 is 2.54 bits per heavy atom. The molecule has 2 unspecified atom stereocenters. The third kappa shape index (κ3) is 1.91. The highest BCUT2D eigenvalue weighted by Gasteiger charge is 2.39. The largest absolute Gasteiger partial charge is 0.300 e. The van der Waals surface area contributed by atoms with Gasteiger partial charge in [0.1, 0.15) is 5.78 Å². The molecule has 2 aliphatic rings. The molecule has 0 aromatic rings. The van der Waals surface area contributed by atoms with Gasteiger partial charge in [0.2, 0.25) is 0 Å². The minimum Gasteiger partial charge on any atom is -0.300 e. The molecule has 0 aromatic heterocycles. The first-order chi connectivity index (χ1) is 6.31. The highest BCUT2D eigenvalue weighted by Crippen LogP contribution is 2.33. The van der Waals surface area contributed by atoms with E-state index in [1.165, 1.54) is 25.1 Å². The standard InChI is InChI=1S/C10H17NOS/c1-13-5-4-11-8-2-3-9(11)7-10(12)6-8/h8-9H,2-7H2,1H3. The van der Waals surface area contributed by atoms with Crippen LogP contribution in [0.15, 0.2) is 0 Å². The molecule has 0 N–H and O–H groups in total. The van der Waals surface area contributed by atoms with Gasteiger partial charge in [0.05, 0.1) is 0 Å². The van der Waals surface area contributed by atoms with E-state index in [9.17, 15) is 4.79 Å². The molecule has 0 spiro atoms. The maximum Gasteiger partial charge on any atom is 0.136 e. The number of fused-ring (bicyclic) bond motifs is 2. The molecule has 0 amide bonds. The SMILES string of the molecule is CSCCN1C2CCC1CC(=O)C2. The lowest BCUT2D eigenvalue weighted by Gasteiger charge is -2.33. The monoisotopic (exact) mass is 199 g/mol. The van der Waals surface area contributed by atoms with E-state index < -0.39 is 0 Å². The number of carbonyl (C=O) groups is 1. The van der Waals surface area contributed by atoms with Crippen LogP contribution in [0.5, 0.6) is 0 Å². The number of nitrogens with zero attached hydrogens (tertiary/aromatic N) is 1. The summed E-state index contributed by atoms with van der Waals surface area (Å²) in [5, 5.41) is 0. The van der Waals surface area contributed by atoms with Crippen LogP contribution in [0.3, 0.4) is 0 Å². The van der Waals surface area contributed by atoms with E-state index in [4.69, 9.17) is 0 Å². The second kappa shape index (κ2) is 4.01. The van der Waals surface area contributed by atoms with Crippen LogP contribution in [0, 0.1) is 0 Å². The number of ketones is 1. The van der Waals surface area contributed by atoms with Crippen LogP contribution in [0.4, 0.5) is 0 Å². The van der Waals surface area contributed by atoms with E-state index in [0.717, 1.165) is 12.8 Å². The smallest absolute Gasteiger partial charge is 0.136 e. The van der Waals surface area contributed by atoms with Crippen molar-refractivity contribution in [2.75, 3.05) is 18.6 Å². The van der Waals surface area contributed by atoms with Crippen LogP contribution >= 0.6 is 11.8 Å². The van der Waals surface area contributed by atoms with Crippen LogP contribution < -0.4 is 0 Å². The lowest BCUT2D eigenvalue weighted by atomic mass is 10.0. The Kier molecular flexibility index (Phi) is 2.94. The van der Waals surface area contributed by atoms with Gasteiger partial charge in [-0.2, -0.15) is 11.8 Å². The fourth-order valence-electron chi connectivity index (χ4n) is 2.62. The van der Waals surface area contributed by atoms with Crippen LogP contribution in [-0.4, -0.2) is 41.3 Å². The number of piperidine rings is 1. The summed E-state index contributed by atoms with van der Waals surface area (Å²) in [6.07, 6.45) is 6.31. The molecule has 2 fully saturated rings. The fraction of sp³-hybridized carbons (Fsp3) is 0.900. The van der Waals surface area contributed by atoms with E-state index in [1.54, 1.807) is 0 Å². The highest BCUT2D eigenvalue weighted by atomic mass is 32.2. The molecule has 2 saturated heterocycles. The van der Waals surface area contributed by atoms with E-state index >= 15 is 0 Å². The van der Waals surface area contributed by atoms with Gasteiger partial charge in [-0.25, -0.2) is 0 Å². The molecule has 3 heteroatoms. The van der Waals surface area contributed by atoms with Crippen molar-refractivity contribution in [1.29, 1.82) is 0 Å². The first kappa shape index (κ1) is 9.53. The summed E-state index contributed by atoms with van der Waals surface area (Å²) in [4.78, 5) is 13.9. The number of rotatable bonds is 3. The zero-order chi connectivity index (χ0) is 9.26. The van der Waals surface area contributed by atoms with Crippen molar-refractivity contribution in [2.24, 2.45) is 0 Å². The summed E-state index contributed by atoms with van der Waals surface area (Å²) in [5.41, 5.74) is 0. The lowest BCUT2D eigenvalue weighted by molar-refractivity contribution is -0.123. The molecular weight excluding hydrogens is 182 g/mol. The van der Waals surface area contributed by atoms with Gasteiger partial charge in [0.25, 0.3) is 0 Å². The Hall–Kier alpha value is -0.0200. The van der Waals surface area contributed by atoms with E-state index in [-0.39, 0.29) is 0 Å². The lowest BCUT2D eigenvalue weighted by Crippen LogP contribution is -2.44. The Morgan fingerprint density at radius 1 is 1.38 bits per heavy atom. The molecule has 2 bridgehead atoms.